The van der Waals surface area contributed by atoms with Crippen LogP contribution in [-0.2, 0) is 0 Å². The molecule has 0 aliphatic rings. The fourth-order valence-electron chi connectivity index (χ4n) is 2.42. The molecule has 0 aliphatic heterocycles. The topological polar surface area (TPSA) is 29.3 Å². The minimum Gasteiger partial charge on any atom is -0.397 e. The molecule has 0 fully saturated rings. The minimum atomic E-state index is 0.850. The standard InChI is InChI=1S/C16H16N2/c1-18(2)15-8-7-13-9-11-5-3-4-6-12(11)10-14(13)16(15)17/h3-10H,17H2,1-2H3. The van der Waals surface area contributed by atoms with Crippen molar-refractivity contribution in [1.29, 1.82) is 0 Å². The first kappa shape index (κ1) is 10.9. The van der Waals surface area contributed by atoms with Gasteiger partial charge in [0.2, 0.25) is 0 Å². The Morgan fingerprint density at radius 3 is 2.17 bits per heavy atom. The molecule has 3 aromatic rings. The highest BCUT2D eigenvalue weighted by Gasteiger charge is 2.07. The van der Waals surface area contributed by atoms with Crippen LogP contribution in [0.15, 0.2) is 48.5 Å². The molecule has 18 heavy (non-hydrogen) atoms. The number of rotatable bonds is 1. The van der Waals surface area contributed by atoms with Crippen molar-refractivity contribution < 1.29 is 0 Å². The van der Waals surface area contributed by atoms with E-state index in [-0.39, 0.29) is 0 Å². The molecule has 3 aromatic carbocycles. The van der Waals surface area contributed by atoms with Crippen LogP contribution in [0.5, 0.6) is 0 Å². The van der Waals surface area contributed by atoms with Gasteiger partial charge in [0.05, 0.1) is 11.4 Å². The van der Waals surface area contributed by atoms with E-state index in [1.165, 1.54) is 16.2 Å². The van der Waals surface area contributed by atoms with Gasteiger partial charge in [0.25, 0.3) is 0 Å². The zero-order chi connectivity index (χ0) is 12.7. The molecule has 0 spiro atoms. The monoisotopic (exact) mass is 236 g/mol. The molecule has 0 heterocycles. The Morgan fingerprint density at radius 2 is 1.50 bits per heavy atom. The summed E-state index contributed by atoms with van der Waals surface area (Å²) in [5.74, 6) is 0. The number of nitrogens with two attached hydrogens (primary N) is 1. The maximum atomic E-state index is 6.27. The summed E-state index contributed by atoms with van der Waals surface area (Å²) < 4.78 is 0. The molecular weight excluding hydrogens is 220 g/mol. The van der Waals surface area contributed by atoms with Gasteiger partial charge in [0.15, 0.2) is 0 Å². The third-order valence-corrected chi connectivity index (χ3v) is 3.39. The number of hydrogen-bond donors (Lipinski definition) is 1. The van der Waals surface area contributed by atoms with Gasteiger partial charge in [-0.1, -0.05) is 30.3 Å². The van der Waals surface area contributed by atoms with Crippen LogP contribution in [-0.4, -0.2) is 14.1 Å². The fourth-order valence-corrected chi connectivity index (χ4v) is 2.42. The maximum absolute atomic E-state index is 6.27. The van der Waals surface area contributed by atoms with Crippen molar-refractivity contribution in [3.63, 3.8) is 0 Å². The van der Waals surface area contributed by atoms with Crippen LogP contribution in [0.2, 0.25) is 0 Å². The molecule has 0 atom stereocenters. The summed E-state index contributed by atoms with van der Waals surface area (Å²) in [6.45, 7) is 0. The van der Waals surface area contributed by atoms with Crippen LogP contribution in [0.3, 0.4) is 0 Å². The Balaban J connectivity index is 2.40. The highest BCUT2D eigenvalue weighted by atomic mass is 15.1. The highest BCUT2D eigenvalue weighted by Crippen LogP contribution is 2.33. The van der Waals surface area contributed by atoms with Crippen LogP contribution in [0.25, 0.3) is 21.5 Å². The number of fused-ring (bicyclic) bond motifs is 2. The van der Waals surface area contributed by atoms with Crippen molar-refractivity contribution in [1.82, 2.24) is 0 Å². The molecule has 0 amide bonds. The van der Waals surface area contributed by atoms with Crippen molar-refractivity contribution in [2.45, 2.75) is 0 Å². The van der Waals surface area contributed by atoms with E-state index >= 15 is 0 Å². The lowest BCUT2D eigenvalue weighted by Gasteiger charge is -2.17. The van der Waals surface area contributed by atoms with Crippen molar-refractivity contribution in [3.8, 4) is 0 Å². The molecule has 0 radical (unpaired) electrons. The average molecular weight is 236 g/mol. The molecule has 0 bridgehead atoms. The zero-order valence-corrected chi connectivity index (χ0v) is 10.6. The summed E-state index contributed by atoms with van der Waals surface area (Å²) in [5.41, 5.74) is 8.19. The second kappa shape index (κ2) is 3.91. The van der Waals surface area contributed by atoms with Gasteiger partial charge < -0.3 is 10.6 Å². The Kier molecular flexibility index (Phi) is 2.37. The van der Waals surface area contributed by atoms with Crippen LogP contribution in [0, 0.1) is 0 Å². The van der Waals surface area contributed by atoms with E-state index in [0.29, 0.717) is 0 Å². The van der Waals surface area contributed by atoms with Gasteiger partial charge in [0, 0.05) is 19.5 Å². The second-order valence-corrected chi connectivity index (χ2v) is 4.81. The van der Waals surface area contributed by atoms with Gasteiger partial charge in [-0.25, -0.2) is 0 Å². The van der Waals surface area contributed by atoms with E-state index in [2.05, 4.69) is 48.5 Å². The summed E-state index contributed by atoms with van der Waals surface area (Å²) in [6, 6.07) is 16.9. The van der Waals surface area contributed by atoms with Gasteiger partial charge in [-0.3, -0.25) is 0 Å². The first-order chi connectivity index (χ1) is 8.66. The molecule has 0 aliphatic carbocycles. The van der Waals surface area contributed by atoms with Crippen molar-refractivity contribution >= 4 is 32.9 Å². The minimum absolute atomic E-state index is 0.850. The lowest BCUT2D eigenvalue weighted by atomic mass is 10.0. The first-order valence-electron chi connectivity index (χ1n) is 6.05. The Morgan fingerprint density at radius 1 is 0.833 bits per heavy atom. The normalized spacial score (nSPS) is 11.0. The SMILES string of the molecule is CN(C)c1ccc2cc3ccccc3cc2c1N. The summed E-state index contributed by atoms with van der Waals surface area (Å²) >= 11 is 0. The van der Waals surface area contributed by atoms with Crippen molar-refractivity contribution in [3.05, 3.63) is 48.5 Å². The Hall–Kier alpha value is -2.22. The lowest BCUT2D eigenvalue weighted by molar-refractivity contribution is 1.14. The molecule has 2 heteroatoms. The van der Waals surface area contributed by atoms with Crippen LogP contribution < -0.4 is 10.6 Å². The van der Waals surface area contributed by atoms with Crippen LogP contribution in [0.1, 0.15) is 0 Å². The predicted octanol–water partition coefficient (Wildman–Crippen LogP) is 3.64. The molecule has 0 aromatic heterocycles. The summed E-state index contributed by atoms with van der Waals surface area (Å²) in [4.78, 5) is 2.05. The predicted molar refractivity (Wildman–Crippen MR) is 80.2 cm³/mol. The van der Waals surface area contributed by atoms with Crippen LogP contribution >= 0.6 is 0 Å². The summed E-state index contributed by atoms with van der Waals surface area (Å²) in [5, 5.41) is 4.80. The third-order valence-electron chi connectivity index (χ3n) is 3.39. The molecule has 2 N–H and O–H groups in total. The van der Waals surface area contributed by atoms with Gasteiger partial charge >= 0.3 is 0 Å². The molecule has 2 nitrogen and oxygen atoms in total. The average Bonchev–Trinajstić information content (AvgIpc) is 2.37. The molecular formula is C16H16N2. The first-order valence-corrected chi connectivity index (χ1v) is 6.05. The van der Waals surface area contributed by atoms with Gasteiger partial charge in [-0.2, -0.15) is 0 Å². The number of nitrogen functional groups attached to an aromatic ring is 1. The van der Waals surface area contributed by atoms with Crippen molar-refractivity contribution in [2.24, 2.45) is 0 Å². The van der Waals surface area contributed by atoms with Gasteiger partial charge in [-0.05, 0) is 34.4 Å². The molecule has 0 saturated carbocycles. The van der Waals surface area contributed by atoms with E-state index < -0.39 is 0 Å². The second-order valence-electron chi connectivity index (χ2n) is 4.81. The molecule has 0 unspecified atom stereocenters. The summed E-state index contributed by atoms with van der Waals surface area (Å²) in [6.07, 6.45) is 0. The zero-order valence-electron chi connectivity index (χ0n) is 10.6. The van der Waals surface area contributed by atoms with Gasteiger partial charge in [0.1, 0.15) is 0 Å². The van der Waals surface area contributed by atoms with E-state index in [1.54, 1.807) is 0 Å². The molecule has 3 rings (SSSR count). The smallest absolute Gasteiger partial charge is 0.0631 e. The van der Waals surface area contributed by atoms with E-state index in [0.717, 1.165) is 16.8 Å². The molecule has 0 saturated heterocycles. The van der Waals surface area contributed by atoms with E-state index in [9.17, 15) is 0 Å². The van der Waals surface area contributed by atoms with E-state index in [4.69, 9.17) is 5.73 Å². The number of anilines is 2. The highest BCUT2D eigenvalue weighted by molar-refractivity contribution is 6.06. The maximum Gasteiger partial charge on any atom is 0.0631 e. The Labute approximate surface area is 107 Å². The van der Waals surface area contributed by atoms with Crippen molar-refractivity contribution in [2.75, 3.05) is 24.7 Å². The Bertz CT molecular complexity index is 730. The number of benzene rings is 3. The van der Waals surface area contributed by atoms with E-state index in [1.807, 2.05) is 19.0 Å². The quantitative estimate of drug-likeness (QED) is 0.516. The number of hydrogen-bond acceptors (Lipinski definition) is 2. The number of nitrogens with zero attached hydrogens (tertiary/aromatic N) is 1. The third kappa shape index (κ3) is 1.58. The van der Waals surface area contributed by atoms with Gasteiger partial charge in [-0.15, -0.1) is 0 Å². The largest absolute Gasteiger partial charge is 0.397 e. The molecule has 90 valence electrons. The van der Waals surface area contributed by atoms with Crippen LogP contribution in [0.4, 0.5) is 11.4 Å². The fraction of sp³-hybridized carbons (Fsp3) is 0.125. The lowest BCUT2D eigenvalue weighted by Crippen LogP contribution is -2.11. The summed E-state index contributed by atoms with van der Waals surface area (Å²) in [7, 11) is 4.02.